The van der Waals surface area contributed by atoms with Gasteiger partial charge in [0.15, 0.2) is 18.7 Å². The Bertz CT molecular complexity index is 514. The lowest BCUT2D eigenvalue weighted by Crippen LogP contribution is -2.24. The van der Waals surface area contributed by atoms with Gasteiger partial charge in [0, 0.05) is 6.20 Å². The third-order valence-electron chi connectivity index (χ3n) is 2.18. The molecule has 2 heterocycles. The van der Waals surface area contributed by atoms with Crippen LogP contribution in [0.1, 0.15) is 18.9 Å². The van der Waals surface area contributed by atoms with Crippen molar-refractivity contribution in [2.24, 2.45) is 0 Å². The van der Waals surface area contributed by atoms with Crippen molar-refractivity contribution in [3.05, 3.63) is 30.3 Å². The Morgan fingerprint density at radius 2 is 2.00 bits per heavy atom. The second kappa shape index (κ2) is 5.85. The molecule has 0 radical (unpaired) electrons. The lowest BCUT2D eigenvalue weighted by Gasteiger charge is -2.17. The number of hydrogen-bond acceptors (Lipinski definition) is 8. The van der Waals surface area contributed by atoms with Crippen molar-refractivity contribution in [2.45, 2.75) is 25.6 Å². The van der Waals surface area contributed by atoms with Gasteiger partial charge in [-0.1, -0.05) is 6.07 Å². The van der Waals surface area contributed by atoms with E-state index < -0.39 is 18.7 Å². The maximum Gasteiger partial charge on any atom is 0.266 e. The van der Waals surface area contributed by atoms with Gasteiger partial charge < -0.3 is 24.5 Å². The maximum atomic E-state index is 9.17. The molecule has 0 amide bonds. The Balaban J connectivity index is 2.24. The van der Waals surface area contributed by atoms with E-state index in [1.807, 2.05) is 0 Å². The first kappa shape index (κ1) is 13.6. The molecule has 0 saturated heterocycles. The molecule has 0 bridgehead atoms. The molecular weight excluding hydrogens is 254 g/mol. The number of hydrogen-bond donors (Lipinski definition) is 3. The van der Waals surface area contributed by atoms with Crippen LogP contribution in [0.2, 0.25) is 0 Å². The molecule has 19 heavy (non-hydrogen) atoms. The van der Waals surface area contributed by atoms with Crippen molar-refractivity contribution in [3.63, 3.8) is 0 Å². The Morgan fingerprint density at radius 3 is 2.58 bits per heavy atom. The number of pyridine rings is 1. The van der Waals surface area contributed by atoms with Crippen LogP contribution in [0.3, 0.4) is 0 Å². The van der Waals surface area contributed by atoms with Crippen LogP contribution in [-0.2, 0) is 4.74 Å². The Kier molecular flexibility index (Phi) is 4.17. The number of aliphatic hydroxyl groups excluding tert-OH is 2. The molecule has 8 heteroatoms. The third-order valence-corrected chi connectivity index (χ3v) is 2.18. The van der Waals surface area contributed by atoms with Crippen LogP contribution < -0.4 is 0 Å². The van der Waals surface area contributed by atoms with Gasteiger partial charge in [0.1, 0.15) is 5.69 Å². The normalized spacial score (nSPS) is 14.6. The van der Waals surface area contributed by atoms with E-state index in [1.165, 1.54) is 6.92 Å². The molecule has 2 aromatic rings. The van der Waals surface area contributed by atoms with Gasteiger partial charge in [-0.05, 0) is 19.1 Å². The van der Waals surface area contributed by atoms with Crippen LogP contribution in [0, 0.1) is 0 Å². The highest BCUT2D eigenvalue weighted by molar-refractivity contribution is 5.44. The third kappa shape index (κ3) is 3.32. The van der Waals surface area contributed by atoms with E-state index in [4.69, 9.17) is 14.3 Å². The molecule has 2 rings (SSSR count). The summed E-state index contributed by atoms with van der Waals surface area (Å²) < 4.78 is 10.1. The molecule has 0 aliphatic heterocycles. The maximum absolute atomic E-state index is 9.17. The van der Waals surface area contributed by atoms with Crippen molar-refractivity contribution >= 4 is 0 Å². The highest BCUT2D eigenvalue weighted by atomic mass is 16.6. The van der Waals surface area contributed by atoms with Crippen LogP contribution in [0.15, 0.2) is 28.8 Å². The van der Waals surface area contributed by atoms with Gasteiger partial charge in [-0.15, -0.1) is 10.2 Å². The second-order valence-electron chi connectivity index (χ2n) is 3.73. The van der Waals surface area contributed by atoms with E-state index in [-0.39, 0.29) is 11.8 Å². The zero-order valence-corrected chi connectivity index (χ0v) is 10.0. The van der Waals surface area contributed by atoms with Crippen molar-refractivity contribution in [2.75, 3.05) is 0 Å². The van der Waals surface area contributed by atoms with Crippen LogP contribution in [0.25, 0.3) is 11.6 Å². The summed E-state index contributed by atoms with van der Waals surface area (Å²) in [7, 11) is 0. The van der Waals surface area contributed by atoms with Crippen molar-refractivity contribution in [3.8, 4) is 11.6 Å². The van der Waals surface area contributed by atoms with Gasteiger partial charge in [0.05, 0.1) is 0 Å². The minimum atomic E-state index is -1.90. The number of ether oxygens (including phenoxy) is 1. The van der Waals surface area contributed by atoms with Crippen LogP contribution >= 0.6 is 0 Å². The van der Waals surface area contributed by atoms with E-state index in [1.54, 1.807) is 24.4 Å². The first-order valence-electron chi connectivity index (χ1n) is 5.52. The lowest BCUT2D eigenvalue weighted by molar-refractivity contribution is -0.215. The molecule has 0 fully saturated rings. The van der Waals surface area contributed by atoms with E-state index in [0.29, 0.717) is 5.69 Å². The minimum Gasteiger partial charge on any atom is -0.416 e. The smallest absolute Gasteiger partial charge is 0.266 e. The summed E-state index contributed by atoms with van der Waals surface area (Å²) in [5.74, 6) is -0.0352. The van der Waals surface area contributed by atoms with Crippen LogP contribution in [0.4, 0.5) is 0 Å². The molecule has 8 nitrogen and oxygen atoms in total. The topological polar surface area (TPSA) is 122 Å². The highest BCUT2D eigenvalue weighted by Gasteiger charge is 2.28. The quantitative estimate of drug-likeness (QED) is 0.639. The fourth-order valence-electron chi connectivity index (χ4n) is 1.41. The first-order valence-corrected chi connectivity index (χ1v) is 5.52. The Hall–Kier alpha value is -1.87. The van der Waals surface area contributed by atoms with Crippen molar-refractivity contribution in [1.82, 2.24) is 15.2 Å². The van der Waals surface area contributed by atoms with Gasteiger partial charge in [-0.25, -0.2) is 0 Å². The molecular formula is C11H13N3O5. The van der Waals surface area contributed by atoms with E-state index >= 15 is 0 Å². The first-order chi connectivity index (χ1) is 9.08. The van der Waals surface area contributed by atoms with Crippen molar-refractivity contribution in [1.29, 1.82) is 0 Å². The van der Waals surface area contributed by atoms with Gasteiger partial charge >= 0.3 is 0 Å². The molecule has 0 aromatic carbocycles. The summed E-state index contributed by atoms with van der Waals surface area (Å²) in [6.07, 6.45) is -2.88. The van der Waals surface area contributed by atoms with Crippen LogP contribution in [0.5, 0.6) is 0 Å². The minimum absolute atomic E-state index is 0.121. The second-order valence-corrected chi connectivity index (χ2v) is 3.73. The Morgan fingerprint density at radius 1 is 1.21 bits per heavy atom. The standard InChI is InChI=1S/C11H13N3O5/c1-6(15)18-8(11(16)17)10-14-13-9(19-10)7-4-2-3-5-12-7/h2-6,8,11,15-17H,1H3. The predicted octanol–water partition coefficient (Wildman–Crippen LogP) is -0.162. The van der Waals surface area contributed by atoms with Gasteiger partial charge in [-0.3, -0.25) is 4.98 Å². The molecule has 0 aliphatic carbocycles. The largest absolute Gasteiger partial charge is 0.416 e. The molecule has 2 aromatic heterocycles. The number of aliphatic hydroxyl groups is 3. The Labute approximate surface area is 108 Å². The van der Waals surface area contributed by atoms with Gasteiger partial charge in [-0.2, -0.15) is 0 Å². The lowest BCUT2D eigenvalue weighted by atomic mass is 10.3. The molecule has 102 valence electrons. The molecule has 2 atom stereocenters. The SMILES string of the molecule is CC(O)OC(c1nnc(-c2ccccn2)o1)C(O)O. The fourth-order valence-corrected chi connectivity index (χ4v) is 1.41. The average Bonchev–Trinajstić information content (AvgIpc) is 2.86. The summed E-state index contributed by atoms with van der Waals surface area (Å²) in [4.78, 5) is 4.02. The van der Waals surface area contributed by atoms with E-state index in [2.05, 4.69) is 15.2 Å². The molecule has 3 N–H and O–H groups in total. The van der Waals surface area contributed by atoms with Gasteiger partial charge in [0.25, 0.3) is 11.8 Å². The molecule has 0 aliphatic rings. The summed E-state index contributed by atoms with van der Waals surface area (Å²) >= 11 is 0. The summed E-state index contributed by atoms with van der Waals surface area (Å²) in [6.45, 7) is 1.32. The zero-order valence-electron chi connectivity index (χ0n) is 10.0. The predicted molar refractivity (Wildman–Crippen MR) is 61.3 cm³/mol. The van der Waals surface area contributed by atoms with E-state index in [0.717, 1.165) is 0 Å². The summed E-state index contributed by atoms with van der Waals surface area (Å²) in [6, 6.07) is 5.14. The molecule has 2 unspecified atom stereocenters. The highest BCUT2D eigenvalue weighted by Crippen LogP contribution is 2.23. The molecule has 0 spiro atoms. The van der Waals surface area contributed by atoms with Crippen LogP contribution in [-0.4, -0.2) is 43.1 Å². The number of nitrogens with zero attached hydrogens (tertiary/aromatic N) is 3. The number of aromatic nitrogens is 3. The number of rotatable bonds is 5. The monoisotopic (exact) mass is 267 g/mol. The average molecular weight is 267 g/mol. The van der Waals surface area contributed by atoms with E-state index in [9.17, 15) is 10.2 Å². The fraction of sp³-hybridized carbons (Fsp3) is 0.364. The molecule has 0 saturated carbocycles. The summed E-state index contributed by atoms with van der Waals surface area (Å²) in [5.41, 5.74) is 0.449. The van der Waals surface area contributed by atoms with Gasteiger partial charge in [0.2, 0.25) is 0 Å². The van der Waals surface area contributed by atoms with Crippen molar-refractivity contribution < 1.29 is 24.5 Å². The summed E-state index contributed by atoms with van der Waals surface area (Å²) in [5, 5.41) is 34.8. The zero-order chi connectivity index (χ0) is 13.8.